The standard InChI is InChI=1S/2C9H7NO5.C2H6O.B.Na.H/c2*1-5(11)6-2-8-9(15-4-14-8)3-7(6)10(12)13;1-2-3;;;/h2*2-3H,4H2,1H3;3H,2H2,1H3;;;/q;;;;+1;-1. The Morgan fingerprint density at radius 3 is 1.31 bits per heavy atom. The van der Waals surface area contributed by atoms with Crippen molar-refractivity contribution in [3.63, 3.8) is 0 Å². The van der Waals surface area contributed by atoms with Crippen LogP contribution < -0.4 is 48.5 Å². The summed E-state index contributed by atoms with van der Waals surface area (Å²) in [5.74, 6) is 0.579. The smallest absolute Gasteiger partial charge is 1.00 e. The molecule has 0 bridgehead atoms. The van der Waals surface area contributed by atoms with Gasteiger partial charge in [-0.25, -0.2) is 0 Å². The Morgan fingerprint density at radius 1 is 0.829 bits per heavy atom. The molecule has 2 aliphatic heterocycles. The van der Waals surface area contributed by atoms with Crippen LogP contribution in [0.25, 0.3) is 0 Å². The number of carbonyl (C=O) groups excluding carboxylic acids is 2. The third kappa shape index (κ3) is 7.92. The minimum absolute atomic E-state index is 0. The van der Waals surface area contributed by atoms with Gasteiger partial charge in [0.15, 0.2) is 34.6 Å². The summed E-state index contributed by atoms with van der Waals surface area (Å²) in [6.45, 7) is 4.51. The van der Waals surface area contributed by atoms with Crippen molar-refractivity contribution in [2.45, 2.75) is 20.8 Å². The number of aliphatic hydroxyl groups is 1. The zero-order valence-electron chi connectivity index (χ0n) is 20.4. The third-order valence-electron chi connectivity index (χ3n) is 4.13. The fourth-order valence-electron chi connectivity index (χ4n) is 2.73. The molecule has 1 N–H and O–H groups in total. The summed E-state index contributed by atoms with van der Waals surface area (Å²) in [6.07, 6.45) is 0. The first-order valence-corrected chi connectivity index (χ1v) is 9.39. The van der Waals surface area contributed by atoms with E-state index in [-0.39, 0.29) is 93.7 Å². The third-order valence-corrected chi connectivity index (χ3v) is 4.13. The molecule has 4 rings (SSSR count). The number of hydrogen-bond donors (Lipinski definition) is 1. The van der Waals surface area contributed by atoms with Crippen LogP contribution in [-0.2, 0) is 0 Å². The number of carbonyl (C=O) groups is 2. The number of hydrogen-bond acceptors (Lipinski definition) is 11. The number of aliphatic hydroxyl groups excluding tert-OH is 1. The van der Waals surface area contributed by atoms with Crippen LogP contribution in [0.15, 0.2) is 24.3 Å². The molecule has 0 saturated heterocycles. The summed E-state index contributed by atoms with van der Waals surface area (Å²) in [4.78, 5) is 42.5. The molecule has 0 amide bonds. The van der Waals surface area contributed by atoms with Gasteiger partial charge in [-0.3, -0.25) is 29.8 Å². The number of nitrogens with zero attached hydrogens (tertiary/aromatic N) is 2. The molecule has 2 heterocycles. The first-order valence-electron chi connectivity index (χ1n) is 9.39. The van der Waals surface area contributed by atoms with Gasteiger partial charge in [-0.15, -0.1) is 0 Å². The Balaban J connectivity index is 0. The quantitative estimate of drug-likeness (QED) is 0.255. The number of Topliss-reactive ketones (excluding diaryl/α,β-unsaturated/α-hetero) is 2. The predicted molar refractivity (Wildman–Crippen MR) is 118 cm³/mol. The summed E-state index contributed by atoms with van der Waals surface area (Å²) in [7, 11) is 0. The van der Waals surface area contributed by atoms with Crippen molar-refractivity contribution >= 4 is 31.4 Å². The Kier molecular flexibility index (Phi) is 13.0. The second-order valence-electron chi connectivity index (χ2n) is 6.39. The Morgan fingerprint density at radius 2 is 1.09 bits per heavy atom. The van der Waals surface area contributed by atoms with Gasteiger partial charge in [-0.05, 0) is 20.8 Å². The molecule has 0 saturated carbocycles. The maximum absolute atomic E-state index is 11.2. The van der Waals surface area contributed by atoms with Gasteiger partial charge >= 0.3 is 29.6 Å². The van der Waals surface area contributed by atoms with Gasteiger partial charge in [0.25, 0.3) is 11.4 Å². The number of ether oxygens (including phenoxy) is 4. The molecule has 0 atom stereocenters. The molecule has 2 aliphatic rings. The number of nitro groups is 2. The first kappa shape index (κ1) is 31.8. The van der Waals surface area contributed by atoms with Crippen LogP contribution in [0.1, 0.15) is 42.9 Å². The van der Waals surface area contributed by atoms with Crippen molar-refractivity contribution in [3.05, 3.63) is 55.6 Å². The zero-order valence-corrected chi connectivity index (χ0v) is 21.4. The summed E-state index contributed by atoms with van der Waals surface area (Å²) in [5, 5.41) is 28.9. The number of rotatable bonds is 4. The maximum Gasteiger partial charge on any atom is 1.00 e. The van der Waals surface area contributed by atoms with Crippen molar-refractivity contribution in [1.29, 1.82) is 0 Å². The SMILES string of the molecule is CC(=O)c1cc2c(cc1[N+](=O)[O-])OCO2.CC(=O)c1cc2c(cc1[N+](=O)[O-])OCO2.CCO.[B].[H-].[Na+]. The predicted octanol–water partition coefficient (Wildman–Crippen LogP) is -0.213. The Labute approximate surface area is 225 Å². The molecule has 15 heteroatoms. The molecular weight excluding hydrogens is 478 g/mol. The fraction of sp³-hybridized carbons (Fsp3) is 0.300. The van der Waals surface area contributed by atoms with E-state index in [1.165, 1.54) is 38.1 Å². The molecule has 0 aliphatic carbocycles. The molecule has 0 fully saturated rings. The molecule has 0 aromatic heterocycles. The van der Waals surface area contributed by atoms with Crippen molar-refractivity contribution in [2.75, 3.05) is 20.2 Å². The summed E-state index contributed by atoms with van der Waals surface area (Å²) >= 11 is 0. The van der Waals surface area contributed by atoms with E-state index in [1.807, 2.05) is 0 Å². The van der Waals surface area contributed by atoms with Crippen LogP contribution in [0.4, 0.5) is 11.4 Å². The van der Waals surface area contributed by atoms with Gasteiger partial charge in [0, 0.05) is 27.2 Å². The topological polar surface area (TPSA) is 178 Å². The molecule has 13 nitrogen and oxygen atoms in total. The van der Waals surface area contributed by atoms with Crippen molar-refractivity contribution in [2.24, 2.45) is 0 Å². The van der Waals surface area contributed by atoms with E-state index in [9.17, 15) is 29.8 Å². The average Bonchev–Trinajstić information content (AvgIpc) is 3.40. The van der Waals surface area contributed by atoms with Crippen molar-refractivity contribution < 1.29 is 74.5 Å². The normalized spacial score (nSPS) is 11.3. The monoisotopic (exact) mass is 499 g/mol. The van der Waals surface area contributed by atoms with Gasteiger partial charge in [-0.1, -0.05) is 0 Å². The molecule has 0 spiro atoms. The number of nitro benzene ring substituents is 2. The minimum atomic E-state index is -0.612. The van der Waals surface area contributed by atoms with E-state index in [1.54, 1.807) is 6.92 Å². The number of ketones is 2. The summed E-state index contributed by atoms with van der Waals surface area (Å²) < 4.78 is 20.0. The Hall–Kier alpha value is -3.20. The molecule has 3 radical (unpaired) electrons. The van der Waals surface area contributed by atoms with Crippen LogP contribution >= 0.6 is 0 Å². The van der Waals surface area contributed by atoms with Crippen LogP contribution in [-0.4, -0.2) is 55.1 Å². The minimum Gasteiger partial charge on any atom is -1.00 e. The number of fused-ring (bicyclic) bond motifs is 2. The summed E-state index contributed by atoms with van der Waals surface area (Å²) in [5.41, 5.74) is -0.452. The van der Waals surface area contributed by atoms with Crippen LogP contribution in [0.2, 0.25) is 0 Å². The first-order chi connectivity index (χ1) is 15.6. The largest absolute Gasteiger partial charge is 1.00 e. The van der Waals surface area contributed by atoms with Gasteiger partial charge in [-0.2, -0.15) is 0 Å². The maximum atomic E-state index is 11.2. The van der Waals surface area contributed by atoms with Crippen LogP contribution in [0.3, 0.4) is 0 Å². The van der Waals surface area contributed by atoms with E-state index < -0.39 is 9.85 Å². The molecule has 2 aromatic rings. The summed E-state index contributed by atoms with van der Waals surface area (Å²) in [6, 6.07) is 5.09. The van der Waals surface area contributed by atoms with Crippen LogP contribution in [0.5, 0.6) is 23.0 Å². The second-order valence-corrected chi connectivity index (χ2v) is 6.39. The Bertz CT molecular complexity index is 950. The van der Waals surface area contributed by atoms with E-state index in [2.05, 4.69) is 0 Å². The van der Waals surface area contributed by atoms with E-state index in [4.69, 9.17) is 24.1 Å². The van der Waals surface area contributed by atoms with Gasteiger partial charge in [0.1, 0.15) is 0 Å². The van der Waals surface area contributed by atoms with E-state index >= 15 is 0 Å². The molecular formula is C20H21BN2NaO11. The van der Waals surface area contributed by atoms with E-state index in [0.29, 0.717) is 23.0 Å². The van der Waals surface area contributed by atoms with Gasteiger partial charge < -0.3 is 25.5 Å². The molecule has 181 valence electrons. The van der Waals surface area contributed by atoms with Gasteiger partial charge in [0.2, 0.25) is 13.6 Å². The molecule has 2 aromatic carbocycles. The fourth-order valence-corrected chi connectivity index (χ4v) is 2.73. The molecule has 0 unspecified atom stereocenters. The number of benzene rings is 2. The van der Waals surface area contributed by atoms with Gasteiger partial charge in [0.05, 0.1) is 33.1 Å². The second kappa shape index (κ2) is 14.3. The average molecular weight is 499 g/mol. The van der Waals surface area contributed by atoms with Crippen molar-refractivity contribution in [3.8, 4) is 23.0 Å². The van der Waals surface area contributed by atoms with E-state index in [0.717, 1.165) is 0 Å². The zero-order chi connectivity index (χ0) is 24.7. The van der Waals surface area contributed by atoms with Crippen molar-refractivity contribution in [1.82, 2.24) is 0 Å². The molecule has 35 heavy (non-hydrogen) atoms. The van der Waals surface area contributed by atoms with Crippen LogP contribution in [0, 0.1) is 20.2 Å².